The number of anilines is 2. The second-order valence-electron chi connectivity index (χ2n) is 6.06. The number of thiazole rings is 2. The van der Waals surface area contributed by atoms with Gasteiger partial charge >= 0.3 is 0 Å². The Kier molecular flexibility index (Phi) is 4.46. The SMILES string of the molecule is CN(CCN(C)c1nc2ccc(F)cc2s1)c1nc2ccc(F)cc2s1. The second-order valence-corrected chi connectivity index (χ2v) is 8.08. The minimum absolute atomic E-state index is 0.248. The van der Waals surface area contributed by atoms with Crippen molar-refractivity contribution in [1.82, 2.24) is 9.97 Å². The standard InChI is InChI=1S/C18H16F2N4S2/c1-23(17-21-13-5-3-11(19)9-15(13)25-17)7-8-24(2)18-22-14-6-4-12(20)10-16(14)26-18/h3-6,9-10H,7-8H2,1-2H3. The lowest BCUT2D eigenvalue weighted by Gasteiger charge is -2.21. The number of likely N-dealkylation sites (N-methyl/N-ethyl adjacent to an activating group) is 2. The lowest BCUT2D eigenvalue weighted by Crippen LogP contribution is -2.30. The Morgan fingerprint density at radius 3 is 1.62 bits per heavy atom. The summed E-state index contributed by atoms with van der Waals surface area (Å²) in [7, 11) is 3.94. The molecule has 0 saturated heterocycles. The average molecular weight is 390 g/mol. The van der Waals surface area contributed by atoms with E-state index in [1.807, 2.05) is 23.9 Å². The fraction of sp³-hybridized carbons (Fsp3) is 0.222. The van der Waals surface area contributed by atoms with Crippen molar-refractivity contribution in [3.8, 4) is 0 Å². The number of benzene rings is 2. The highest BCUT2D eigenvalue weighted by Crippen LogP contribution is 2.30. The highest BCUT2D eigenvalue weighted by molar-refractivity contribution is 7.22. The smallest absolute Gasteiger partial charge is 0.186 e. The molecule has 0 spiro atoms. The molecule has 0 aliphatic heterocycles. The third-order valence-electron chi connectivity index (χ3n) is 4.10. The largest absolute Gasteiger partial charge is 0.349 e. The molecule has 0 aliphatic carbocycles. The fourth-order valence-corrected chi connectivity index (χ4v) is 4.55. The number of halogens is 2. The van der Waals surface area contributed by atoms with Crippen LogP contribution in [0.3, 0.4) is 0 Å². The van der Waals surface area contributed by atoms with E-state index in [1.165, 1.54) is 46.9 Å². The molecule has 0 radical (unpaired) electrons. The minimum atomic E-state index is -0.248. The summed E-state index contributed by atoms with van der Waals surface area (Å²) in [6.07, 6.45) is 0. The van der Waals surface area contributed by atoms with Gasteiger partial charge in [0.05, 0.1) is 20.4 Å². The Morgan fingerprint density at radius 2 is 1.19 bits per heavy atom. The number of rotatable bonds is 5. The molecule has 2 aromatic carbocycles. The van der Waals surface area contributed by atoms with Gasteiger partial charge in [-0.15, -0.1) is 0 Å². The van der Waals surface area contributed by atoms with Gasteiger partial charge in [0.15, 0.2) is 10.3 Å². The maximum atomic E-state index is 13.3. The van der Waals surface area contributed by atoms with Gasteiger partial charge in [-0.25, -0.2) is 18.7 Å². The van der Waals surface area contributed by atoms with Gasteiger partial charge in [0, 0.05) is 27.2 Å². The molecule has 2 aromatic heterocycles. The van der Waals surface area contributed by atoms with Crippen molar-refractivity contribution in [2.75, 3.05) is 37.0 Å². The molecule has 26 heavy (non-hydrogen) atoms. The van der Waals surface area contributed by atoms with E-state index in [4.69, 9.17) is 0 Å². The number of hydrogen-bond acceptors (Lipinski definition) is 6. The Labute approximate surface area is 157 Å². The van der Waals surface area contributed by atoms with Crippen molar-refractivity contribution in [3.05, 3.63) is 48.0 Å². The predicted molar refractivity (Wildman–Crippen MR) is 106 cm³/mol. The van der Waals surface area contributed by atoms with Crippen LogP contribution in [0.15, 0.2) is 36.4 Å². The van der Waals surface area contributed by atoms with Crippen LogP contribution in [0.25, 0.3) is 20.4 Å². The van der Waals surface area contributed by atoms with E-state index in [2.05, 4.69) is 9.97 Å². The third kappa shape index (κ3) is 3.34. The van der Waals surface area contributed by atoms with E-state index in [0.717, 1.165) is 43.8 Å². The quantitative estimate of drug-likeness (QED) is 0.492. The number of aromatic nitrogens is 2. The predicted octanol–water partition coefficient (Wildman–Crippen LogP) is 4.76. The number of fused-ring (bicyclic) bond motifs is 2. The minimum Gasteiger partial charge on any atom is -0.349 e. The van der Waals surface area contributed by atoms with Crippen molar-refractivity contribution in [2.24, 2.45) is 0 Å². The molecule has 0 N–H and O–H groups in total. The van der Waals surface area contributed by atoms with Crippen molar-refractivity contribution in [3.63, 3.8) is 0 Å². The Bertz CT molecular complexity index is 990. The van der Waals surface area contributed by atoms with Crippen LogP contribution in [-0.4, -0.2) is 37.2 Å². The summed E-state index contributed by atoms with van der Waals surface area (Å²) in [4.78, 5) is 13.2. The summed E-state index contributed by atoms with van der Waals surface area (Å²) in [5, 5.41) is 1.70. The van der Waals surface area contributed by atoms with E-state index in [-0.39, 0.29) is 11.6 Å². The maximum Gasteiger partial charge on any atom is 0.186 e. The first kappa shape index (κ1) is 17.1. The summed E-state index contributed by atoms with van der Waals surface area (Å²) >= 11 is 2.95. The molecule has 0 atom stereocenters. The third-order valence-corrected chi connectivity index (χ3v) is 6.37. The molecule has 0 aliphatic rings. The molecule has 8 heteroatoms. The fourth-order valence-electron chi connectivity index (χ4n) is 2.59. The van der Waals surface area contributed by atoms with Crippen LogP contribution in [0.5, 0.6) is 0 Å². The monoisotopic (exact) mass is 390 g/mol. The van der Waals surface area contributed by atoms with Crippen LogP contribution in [0.4, 0.5) is 19.0 Å². The van der Waals surface area contributed by atoms with Crippen molar-refractivity contribution >= 4 is 53.4 Å². The van der Waals surface area contributed by atoms with Crippen molar-refractivity contribution < 1.29 is 8.78 Å². The molecule has 2 heterocycles. The first-order chi connectivity index (χ1) is 12.5. The summed E-state index contributed by atoms with van der Waals surface area (Å²) in [5.41, 5.74) is 1.61. The Balaban J connectivity index is 1.45. The zero-order valence-electron chi connectivity index (χ0n) is 14.2. The lowest BCUT2D eigenvalue weighted by molar-refractivity contribution is 0.629. The first-order valence-corrected chi connectivity index (χ1v) is 9.67. The van der Waals surface area contributed by atoms with E-state index in [1.54, 1.807) is 12.1 Å². The van der Waals surface area contributed by atoms with Crippen LogP contribution < -0.4 is 9.80 Å². The molecule has 0 bridgehead atoms. The molecule has 4 nitrogen and oxygen atoms in total. The molecule has 0 amide bonds. The molecule has 134 valence electrons. The van der Waals surface area contributed by atoms with Crippen LogP contribution >= 0.6 is 22.7 Å². The zero-order valence-corrected chi connectivity index (χ0v) is 15.9. The van der Waals surface area contributed by atoms with Crippen LogP contribution in [0, 0.1) is 11.6 Å². The molecular formula is C18H16F2N4S2. The summed E-state index contributed by atoms with van der Waals surface area (Å²) < 4.78 is 28.3. The molecule has 4 rings (SSSR count). The van der Waals surface area contributed by atoms with Gasteiger partial charge in [0.25, 0.3) is 0 Å². The van der Waals surface area contributed by atoms with E-state index >= 15 is 0 Å². The van der Waals surface area contributed by atoms with Gasteiger partial charge in [-0.3, -0.25) is 0 Å². The topological polar surface area (TPSA) is 32.3 Å². The zero-order chi connectivity index (χ0) is 18.3. The van der Waals surface area contributed by atoms with Gasteiger partial charge in [0.2, 0.25) is 0 Å². The number of nitrogens with zero attached hydrogens (tertiary/aromatic N) is 4. The van der Waals surface area contributed by atoms with E-state index < -0.39 is 0 Å². The first-order valence-electron chi connectivity index (χ1n) is 8.04. The van der Waals surface area contributed by atoms with Crippen LogP contribution in [0.1, 0.15) is 0 Å². The van der Waals surface area contributed by atoms with E-state index in [9.17, 15) is 8.78 Å². The lowest BCUT2D eigenvalue weighted by atomic mass is 10.3. The summed E-state index contributed by atoms with van der Waals surface area (Å²) in [6, 6.07) is 9.27. The highest BCUT2D eigenvalue weighted by Gasteiger charge is 2.12. The highest BCUT2D eigenvalue weighted by atomic mass is 32.1. The Hall–Kier alpha value is -2.32. The van der Waals surface area contributed by atoms with Gasteiger partial charge < -0.3 is 9.80 Å². The van der Waals surface area contributed by atoms with Gasteiger partial charge in [-0.05, 0) is 36.4 Å². The number of hydrogen-bond donors (Lipinski definition) is 0. The van der Waals surface area contributed by atoms with Gasteiger partial charge in [-0.1, -0.05) is 22.7 Å². The van der Waals surface area contributed by atoms with Gasteiger partial charge in [0.1, 0.15) is 11.6 Å². The summed E-state index contributed by atoms with van der Waals surface area (Å²) in [6.45, 7) is 1.48. The maximum absolute atomic E-state index is 13.3. The molecule has 4 aromatic rings. The molecule has 0 fully saturated rings. The summed E-state index contributed by atoms with van der Waals surface area (Å²) in [5.74, 6) is -0.496. The molecule has 0 saturated carbocycles. The van der Waals surface area contributed by atoms with E-state index in [0.29, 0.717) is 0 Å². The van der Waals surface area contributed by atoms with Crippen LogP contribution in [0.2, 0.25) is 0 Å². The van der Waals surface area contributed by atoms with Gasteiger partial charge in [-0.2, -0.15) is 0 Å². The Morgan fingerprint density at radius 1 is 0.769 bits per heavy atom. The second kappa shape index (κ2) is 6.77. The van der Waals surface area contributed by atoms with Crippen LogP contribution in [-0.2, 0) is 0 Å². The van der Waals surface area contributed by atoms with Crippen molar-refractivity contribution in [2.45, 2.75) is 0 Å². The normalized spacial score (nSPS) is 11.4. The molecular weight excluding hydrogens is 374 g/mol. The average Bonchev–Trinajstić information content (AvgIpc) is 3.22. The molecule has 0 unspecified atom stereocenters. The van der Waals surface area contributed by atoms with Crippen molar-refractivity contribution in [1.29, 1.82) is 0 Å².